The summed E-state index contributed by atoms with van der Waals surface area (Å²) >= 11 is 0. The van der Waals surface area contributed by atoms with Crippen molar-refractivity contribution < 1.29 is 26.4 Å². The van der Waals surface area contributed by atoms with Crippen molar-refractivity contribution in [2.24, 2.45) is 0 Å². The Kier molecular flexibility index (Phi) is 5.71. The highest BCUT2D eigenvalue weighted by Crippen LogP contribution is 2.30. The summed E-state index contributed by atoms with van der Waals surface area (Å²) in [5, 5.41) is 3.59. The number of halogens is 3. The average molecular weight is 390 g/mol. The maximum Gasteiger partial charge on any atom is 0.435 e. The van der Waals surface area contributed by atoms with Gasteiger partial charge in [0.15, 0.2) is 5.69 Å². The van der Waals surface area contributed by atoms with Gasteiger partial charge in [0.1, 0.15) is 0 Å². The van der Waals surface area contributed by atoms with Gasteiger partial charge in [-0.25, -0.2) is 13.1 Å². The van der Waals surface area contributed by atoms with Crippen LogP contribution in [0.1, 0.15) is 31.7 Å². The van der Waals surface area contributed by atoms with Crippen LogP contribution in [0, 0.1) is 0 Å². The molecule has 2 aromatic rings. The molecule has 0 fully saturated rings. The van der Waals surface area contributed by atoms with Crippen LogP contribution in [0.2, 0.25) is 0 Å². The van der Waals surface area contributed by atoms with E-state index >= 15 is 0 Å². The minimum atomic E-state index is -4.57. The van der Waals surface area contributed by atoms with Gasteiger partial charge in [-0.15, -0.1) is 4.83 Å². The van der Waals surface area contributed by atoms with E-state index in [1.807, 2.05) is 17.2 Å². The van der Waals surface area contributed by atoms with Gasteiger partial charge in [0, 0.05) is 12.6 Å². The number of carbonyl (C=O) groups is 1. The number of hydrazine groups is 1. The third-order valence-corrected chi connectivity index (χ3v) is 4.60. The van der Waals surface area contributed by atoms with E-state index in [1.165, 1.54) is 24.3 Å². The molecule has 1 aromatic carbocycles. The summed E-state index contributed by atoms with van der Waals surface area (Å²) < 4.78 is 63.9. The number of amides is 1. The summed E-state index contributed by atoms with van der Waals surface area (Å²) in [5.41, 5.74) is 1.61. The van der Waals surface area contributed by atoms with Crippen LogP contribution in [-0.4, -0.2) is 24.1 Å². The summed E-state index contributed by atoms with van der Waals surface area (Å²) in [4.78, 5) is 12.5. The Morgan fingerprint density at radius 3 is 2.35 bits per heavy atom. The Bertz CT molecular complexity index is 890. The lowest BCUT2D eigenvalue weighted by atomic mass is 10.2. The van der Waals surface area contributed by atoms with E-state index in [2.05, 4.69) is 5.10 Å². The molecule has 7 nitrogen and oxygen atoms in total. The predicted octanol–water partition coefficient (Wildman–Crippen LogP) is 2.17. The Morgan fingerprint density at radius 1 is 1.23 bits per heavy atom. The number of nitrogens with zero attached hydrogens (tertiary/aromatic N) is 2. The van der Waals surface area contributed by atoms with Crippen LogP contribution in [0.5, 0.6) is 0 Å². The second-order valence-corrected chi connectivity index (χ2v) is 7.14. The number of sulfonamides is 1. The van der Waals surface area contributed by atoms with E-state index in [-0.39, 0.29) is 4.90 Å². The number of hydrogen-bond donors (Lipinski definition) is 2. The zero-order valence-electron chi connectivity index (χ0n) is 14.0. The number of carbonyl (C=O) groups excluding carboxylic acids is 1. The molecule has 0 atom stereocenters. The first kappa shape index (κ1) is 19.9. The smallest absolute Gasteiger partial charge is 0.278 e. The molecule has 0 aliphatic carbocycles. The summed E-state index contributed by atoms with van der Waals surface area (Å²) in [6.45, 7) is 2.96. The summed E-state index contributed by atoms with van der Waals surface area (Å²) in [6, 6.07) is 6.09. The summed E-state index contributed by atoms with van der Waals surface area (Å²) in [5.74, 6) is -0.592. The molecule has 0 bridgehead atoms. The summed E-state index contributed by atoms with van der Waals surface area (Å²) in [7, 11) is -3.98. The Hall–Kier alpha value is -2.40. The van der Waals surface area contributed by atoms with Gasteiger partial charge < -0.3 is 0 Å². The van der Waals surface area contributed by atoms with Crippen LogP contribution >= 0.6 is 0 Å². The lowest BCUT2D eigenvalue weighted by molar-refractivity contribution is -0.141. The van der Waals surface area contributed by atoms with E-state index in [4.69, 9.17) is 0 Å². The highest BCUT2D eigenvalue weighted by Gasteiger charge is 2.35. The molecule has 26 heavy (non-hydrogen) atoms. The van der Waals surface area contributed by atoms with Crippen molar-refractivity contribution in [3.8, 4) is 5.69 Å². The third-order valence-electron chi connectivity index (χ3n) is 3.33. The standard InChI is InChI=1S/C15H17F3N4O3S/c1-3-4-12-9-14(15(16,17)18)20-22(12)11-5-7-13(8-6-11)26(24,25)21-19-10(2)23/h5-9,21H,3-4H2,1-2H3,(H,19,23). The van der Waals surface area contributed by atoms with E-state index < -0.39 is 27.8 Å². The largest absolute Gasteiger partial charge is 0.435 e. The fraction of sp³-hybridized carbons (Fsp3) is 0.333. The Labute approximate surface area is 148 Å². The molecule has 0 unspecified atom stereocenters. The van der Waals surface area contributed by atoms with Gasteiger partial charge in [0.05, 0.1) is 10.6 Å². The van der Waals surface area contributed by atoms with Crippen molar-refractivity contribution in [3.63, 3.8) is 0 Å². The first-order chi connectivity index (χ1) is 12.0. The van der Waals surface area contributed by atoms with Crippen LogP contribution in [-0.2, 0) is 27.4 Å². The van der Waals surface area contributed by atoms with Gasteiger partial charge in [0.25, 0.3) is 10.0 Å². The molecule has 0 saturated carbocycles. The van der Waals surface area contributed by atoms with Gasteiger partial charge in [-0.1, -0.05) is 13.3 Å². The maximum absolute atomic E-state index is 12.9. The molecule has 1 aromatic heterocycles. The molecular weight excluding hydrogens is 373 g/mol. The molecule has 1 heterocycles. The summed E-state index contributed by atoms with van der Waals surface area (Å²) in [6.07, 6.45) is -3.57. The minimum Gasteiger partial charge on any atom is -0.278 e. The number of benzene rings is 1. The quantitative estimate of drug-likeness (QED) is 0.740. The monoisotopic (exact) mass is 390 g/mol. The van der Waals surface area contributed by atoms with Crippen LogP contribution < -0.4 is 10.3 Å². The average Bonchev–Trinajstić information content (AvgIpc) is 2.98. The van der Waals surface area contributed by atoms with Gasteiger partial charge >= 0.3 is 6.18 Å². The van der Waals surface area contributed by atoms with Crippen molar-refractivity contribution in [3.05, 3.63) is 41.7 Å². The first-order valence-corrected chi connectivity index (χ1v) is 9.08. The maximum atomic E-state index is 12.9. The topological polar surface area (TPSA) is 93.1 Å². The SMILES string of the molecule is CCCc1cc(C(F)(F)F)nn1-c1ccc(S(=O)(=O)NNC(C)=O)cc1. The van der Waals surface area contributed by atoms with Crippen molar-refractivity contribution in [1.82, 2.24) is 20.0 Å². The molecule has 0 aliphatic rings. The van der Waals surface area contributed by atoms with Crippen LogP contribution in [0.4, 0.5) is 13.2 Å². The highest BCUT2D eigenvalue weighted by molar-refractivity contribution is 7.89. The van der Waals surface area contributed by atoms with Gasteiger partial charge in [0.2, 0.25) is 5.91 Å². The van der Waals surface area contributed by atoms with Gasteiger partial charge in [-0.3, -0.25) is 10.2 Å². The lowest BCUT2D eigenvalue weighted by Gasteiger charge is -2.09. The normalized spacial score (nSPS) is 12.2. The van der Waals surface area contributed by atoms with E-state index in [0.717, 1.165) is 17.7 Å². The number of rotatable bonds is 6. The molecule has 0 spiro atoms. The number of aromatic nitrogens is 2. The number of hydrogen-bond acceptors (Lipinski definition) is 4. The molecular formula is C15H17F3N4O3S. The molecule has 0 saturated heterocycles. The minimum absolute atomic E-state index is 0.157. The molecule has 0 aliphatic heterocycles. The van der Waals surface area contributed by atoms with Gasteiger partial charge in [-0.2, -0.15) is 18.3 Å². The van der Waals surface area contributed by atoms with Crippen molar-refractivity contribution in [2.45, 2.75) is 37.8 Å². The molecule has 2 rings (SSSR count). The Morgan fingerprint density at radius 2 is 1.85 bits per heavy atom. The molecule has 142 valence electrons. The fourth-order valence-electron chi connectivity index (χ4n) is 2.18. The van der Waals surface area contributed by atoms with Gasteiger partial charge in [-0.05, 0) is 36.8 Å². The van der Waals surface area contributed by atoms with E-state index in [1.54, 1.807) is 0 Å². The fourth-order valence-corrected chi connectivity index (χ4v) is 3.07. The Balaban J connectivity index is 2.36. The number of alkyl halides is 3. The number of nitrogens with one attached hydrogen (secondary N) is 2. The zero-order chi connectivity index (χ0) is 19.5. The lowest BCUT2D eigenvalue weighted by Crippen LogP contribution is -2.40. The predicted molar refractivity (Wildman–Crippen MR) is 86.7 cm³/mol. The molecule has 2 N–H and O–H groups in total. The van der Waals surface area contributed by atoms with E-state index in [0.29, 0.717) is 24.2 Å². The zero-order valence-corrected chi connectivity index (χ0v) is 14.8. The third kappa shape index (κ3) is 4.61. The second kappa shape index (κ2) is 7.46. The molecule has 0 radical (unpaired) electrons. The van der Waals surface area contributed by atoms with Crippen molar-refractivity contribution >= 4 is 15.9 Å². The van der Waals surface area contributed by atoms with Crippen molar-refractivity contribution in [1.29, 1.82) is 0 Å². The van der Waals surface area contributed by atoms with Crippen LogP contribution in [0.15, 0.2) is 35.2 Å². The molecule has 1 amide bonds. The number of aryl methyl sites for hydroxylation is 1. The molecule has 11 heteroatoms. The first-order valence-electron chi connectivity index (χ1n) is 7.59. The highest BCUT2D eigenvalue weighted by atomic mass is 32.2. The van der Waals surface area contributed by atoms with Crippen molar-refractivity contribution in [2.75, 3.05) is 0 Å². The van der Waals surface area contributed by atoms with E-state index in [9.17, 15) is 26.4 Å². The van der Waals surface area contributed by atoms with Crippen LogP contribution in [0.3, 0.4) is 0 Å². The second-order valence-electron chi connectivity index (χ2n) is 5.46. The van der Waals surface area contributed by atoms with Crippen LogP contribution in [0.25, 0.3) is 5.69 Å².